The zero-order valence-electron chi connectivity index (χ0n) is 15.3. The standard InChI is InChI=1S/C17H29N5O.HI/c1-18-17(19-11-6-12-21(2)3)20-13-14-7-9-15(10-8-14)16(23)22(4)5;/h7-10H,6,11-13H2,1-5H3,(H2,18,19,20);1H. The first kappa shape index (κ1) is 22.6. The quantitative estimate of drug-likeness (QED) is 0.289. The van der Waals surface area contributed by atoms with Gasteiger partial charge in [0.2, 0.25) is 0 Å². The van der Waals surface area contributed by atoms with E-state index in [1.165, 1.54) is 0 Å². The summed E-state index contributed by atoms with van der Waals surface area (Å²) in [5.41, 5.74) is 1.81. The van der Waals surface area contributed by atoms with Crippen molar-refractivity contribution in [2.45, 2.75) is 13.0 Å². The smallest absolute Gasteiger partial charge is 0.253 e. The van der Waals surface area contributed by atoms with Gasteiger partial charge < -0.3 is 20.4 Å². The average molecular weight is 447 g/mol. The summed E-state index contributed by atoms with van der Waals surface area (Å²) in [5, 5.41) is 6.57. The summed E-state index contributed by atoms with van der Waals surface area (Å²) in [6, 6.07) is 7.63. The van der Waals surface area contributed by atoms with Gasteiger partial charge in [-0.3, -0.25) is 9.79 Å². The molecule has 0 aliphatic heterocycles. The van der Waals surface area contributed by atoms with E-state index in [0.29, 0.717) is 12.1 Å². The van der Waals surface area contributed by atoms with E-state index < -0.39 is 0 Å². The predicted octanol–water partition coefficient (Wildman–Crippen LogP) is 1.62. The van der Waals surface area contributed by atoms with Crippen LogP contribution in [0.25, 0.3) is 0 Å². The van der Waals surface area contributed by atoms with E-state index >= 15 is 0 Å². The van der Waals surface area contributed by atoms with Crippen LogP contribution in [0.4, 0.5) is 0 Å². The second-order valence-corrected chi connectivity index (χ2v) is 5.91. The van der Waals surface area contributed by atoms with Gasteiger partial charge in [-0.15, -0.1) is 24.0 Å². The SMILES string of the molecule is CN=C(NCCCN(C)C)NCc1ccc(C(=O)N(C)C)cc1.I. The number of halogens is 1. The van der Waals surface area contributed by atoms with Gasteiger partial charge in [-0.2, -0.15) is 0 Å². The minimum absolute atomic E-state index is 0. The molecule has 0 aliphatic carbocycles. The van der Waals surface area contributed by atoms with Crippen molar-refractivity contribution in [3.63, 3.8) is 0 Å². The average Bonchev–Trinajstić information content (AvgIpc) is 2.53. The predicted molar refractivity (Wildman–Crippen MR) is 111 cm³/mol. The van der Waals surface area contributed by atoms with Crippen LogP contribution in [0, 0.1) is 0 Å². The lowest BCUT2D eigenvalue weighted by molar-refractivity contribution is 0.0827. The third-order valence-corrected chi connectivity index (χ3v) is 3.37. The second kappa shape index (κ2) is 12.1. The van der Waals surface area contributed by atoms with E-state index in [-0.39, 0.29) is 29.9 Å². The molecule has 0 atom stereocenters. The third kappa shape index (κ3) is 8.49. The Bertz CT molecular complexity index is 514. The lowest BCUT2D eigenvalue weighted by Crippen LogP contribution is -2.38. The normalized spacial score (nSPS) is 11.0. The summed E-state index contributed by atoms with van der Waals surface area (Å²) in [6.45, 7) is 2.60. The fourth-order valence-corrected chi connectivity index (χ4v) is 2.03. The van der Waals surface area contributed by atoms with Crippen molar-refractivity contribution in [2.75, 3.05) is 48.3 Å². The van der Waals surface area contributed by atoms with Crippen LogP contribution in [-0.4, -0.2) is 70.0 Å². The topological polar surface area (TPSA) is 60.0 Å². The van der Waals surface area contributed by atoms with Gasteiger partial charge in [-0.25, -0.2) is 0 Å². The molecule has 0 aliphatic rings. The zero-order chi connectivity index (χ0) is 17.2. The molecule has 1 aromatic rings. The number of guanidine groups is 1. The largest absolute Gasteiger partial charge is 0.356 e. The molecule has 1 amide bonds. The zero-order valence-corrected chi connectivity index (χ0v) is 17.6. The molecule has 0 unspecified atom stereocenters. The van der Waals surface area contributed by atoms with Crippen molar-refractivity contribution in [1.82, 2.24) is 20.4 Å². The molecular formula is C17H30IN5O. The lowest BCUT2D eigenvalue weighted by Gasteiger charge is -2.14. The summed E-state index contributed by atoms with van der Waals surface area (Å²) < 4.78 is 0. The summed E-state index contributed by atoms with van der Waals surface area (Å²) in [4.78, 5) is 19.8. The first-order chi connectivity index (χ1) is 10.9. The molecule has 0 radical (unpaired) electrons. The molecule has 0 fully saturated rings. The number of carbonyl (C=O) groups is 1. The van der Waals surface area contributed by atoms with Crippen LogP contribution < -0.4 is 10.6 Å². The van der Waals surface area contributed by atoms with Crippen molar-refractivity contribution in [1.29, 1.82) is 0 Å². The molecule has 136 valence electrons. The molecule has 0 saturated heterocycles. The maximum absolute atomic E-state index is 11.8. The Kier molecular flexibility index (Phi) is 11.4. The Morgan fingerprint density at radius 1 is 1.08 bits per heavy atom. The number of hydrogen-bond acceptors (Lipinski definition) is 3. The maximum atomic E-state index is 11.8. The van der Waals surface area contributed by atoms with Gasteiger partial charge >= 0.3 is 0 Å². The Morgan fingerprint density at radius 2 is 1.71 bits per heavy atom. The summed E-state index contributed by atoms with van der Waals surface area (Å²) in [6.07, 6.45) is 1.06. The molecule has 7 heteroatoms. The van der Waals surface area contributed by atoms with E-state index in [4.69, 9.17) is 0 Å². The molecule has 1 aromatic carbocycles. The van der Waals surface area contributed by atoms with Crippen LogP contribution in [0.5, 0.6) is 0 Å². The Labute approximate surface area is 162 Å². The van der Waals surface area contributed by atoms with E-state index in [0.717, 1.165) is 31.0 Å². The molecule has 0 heterocycles. The number of carbonyl (C=O) groups excluding carboxylic acids is 1. The van der Waals surface area contributed by atoms with Gasteiger partial charge in [0.25, 0.3) is 5.91 Å². The minimum atomic E-state index is 0. The first-order valence-corrected chi connectivity index (χ1v) is 7.84. The molecule has 1 rings (SSSR count). The van der Waals surface area contributed by atoms with Crippen LogP contribution >= 0.6 is 24.0 Å². The highest BCUT2D eigenvalue weighted by Gasteiger charge is 2.07. The highest BCUT2D eigenvalue weighted by molar-refractivity contribution is 14.0. The van der Waals surface area contributed by atoms with E-state index in [9.17, 15) is 4.79 Å². The number of rotatable bonds is 7. The third-order valence-electron chi connectivity index (χ3n) is 3.37. The van der Waals surface area contributed by atoms with E-state index in [1.54, 1.807) is 26.0 Å². The fraction of sp³-hybridized carbons (Fsp3) is 0.529. The van der Waals surface area contributed by atoms with E-state index in [1.807, 2.05) is 24.3 Å². The number of hydrogen-bond donors (Lipinski definition) is 2. The second-order valence-electron chi connectivity index (χ2n) is 5.91. The van der Waals surface area contributed by atoms with Gasteiger partial charge in [-0.05, 0) is 44.8 Å². The van der Waals surface area contributed by atoms with Gasteiger partial charge in [-0.1, -0.05) is 12.1 Å². The molecule has 24 heavy (non-hydrogen) atoms. The Morgan fingerprint density at radius 3 is 2.21 bits per heavy atom. The number of nitrogens with zero attached hydrogens (tertiary/aromatic N) is 3. The van der Waals surface area contributed by atoms with Crippen LogP contribution in [-0.2, 0) is 6.54 Å². The number of benzene rings is 1. The fourth-order valence-electron chi connectivity index (χ4n) is 2.03. The molecule has 2 N–H and O–H groups in total. The summed E-state index contributed by atoms with van der Waals surface area (Å²) in [7, 11) is 9.41. The van der Waals surface area contributed by atoms with Crippen LogP contribution in [0.15, 0.2) is 29.3 Å². The van der Waals surface area contributed by atoms with Gasteiger partial charge in [0.15, 0.2) is 5.96 Å². The summed E-state index contributed by atoms with van der Waals surface area (Å²) in [5.74, 6) is 0.806. The number of aliphatic imine (C=N–C) groups is 1. The Balaban J connectivity index is 0.00000529. The molecule has 0 aromatic heterocycles. The molecule has 0 bridgehead atoms. The van der Waals surface area contributed by atoms with Crippen molar-refractivity contribution in [3.8, 4) is 0 Å². The van der Waals surface area contributed by atoms with Crippen LogP contribution in [0.1, 0.15) is 22.3 Å². The molecular weight excluding hydrogens is 417 g/mol. The molecule has 0 saturated carbocycles. The number of nitrogens with one attached hydrogen (secondary N) is 2. The van der Waals surface area contributed by atoms with Gasteiger partial charge in [0.1, 0.15) is 0 Å². The van der Waals surface area contributed by atoms with Crippen molar-refractivity contribution >= 4 is 35.8 Å². The highest BCUT2D eigenvalue weighted by atomic mass is 127. The van der Waals surface area contributed by atoms with Crippen LogP contribution in [0.2, 0.25) is 0 Å². The summed E-state index contributed by atoms with van der Waals surface area (Å²) >= 11 is 0. The first-order valence-electron chi connectivity index (χ1n) is 7.84. The monoisotopic (exact) mass is 447 g/mol. The molecule has 6 nitrogen and oxygen atoms in total. The van der Waals surface area contributed by atoms with Crippen molar-refractivity contribution in [2.24, 2.45) is 4.99 Å². The van der Waals surface area contributed by atoms with E-state index in [2.05, 4.69) is 34.6 Å². The minimum Gasteiger partial charge on any atom is -0.356 e. The van der Waals surface area contributed by atoms with Crippen molar-refractivity contribution in [3.05, 3.63) is 35.4 Å². The highest BCUT2D eigenvalue weighted by Crippen LogP contribution is 2.06. The Hall–Kier alpha value is -1.35. The van der Waals surface area contributed by atoms with Crippen LogP contribution in [0.3, 0.4) is 0 Å². The maximum Gasteiger partial charge on any atom is 0.253 e. The van der Waals surface area contributed by atoms with Gasteiger partial charge in [0.05, 0.1) is 0 Å². The lowest BCUT2D eigenvalue weighted by atomic mass is 10.1. The van der Waals surface area contributed by atoms with Gasteiger partial charge in [0, 0.05) is 39.8 Å². The number of amides is 1. The van der Waals surface area contributed by atoms with Crippen molar-refractivity contribution < 1.29 is 4.79 Å². The molecule has 0 spiro atoms.